The molecule has 0 spiro atoms. The van der Waals surface area contributed by atoms with Gasteiger partial charge in [0.1, 0.15) is 11.5 Å². The van der Waals surface area contributed by atoms with E-state index in [0.29, 0.717) is 48.0 Å². The molecule has 1 fully saturated rings. The third-order valence-corrected chi connectivity index (χ3v) is 5.45. The summed E-state index contributed by atoms with van der Waals surface area (Å²) in [5.74, 6) is -0.0171. The first-order valence-electron chi connectivity index (χ1n) is 10.7. The lowest BCUT2D eigenvalue weighted by atomic mass is 9.95. The Bertz CT molecular complexity index is 1030. The molecule has 2 aromatic rings. The average molecular weight is 456 g/mol. The number of Topliss-reactive ketones (excluding diaryl/α,β-unsaturated/α-hetero) is 1. The fourth-order valence-corrected chi connectivity index (χ4v) is 3.87. The van der Waals surface area contributed by atoms with Crippen LogP contribution >= 0.6 is 0 Å². The molecule has 1 N–H and O–H groups in total. The SMILES string of the molecule is CCOc1ccc(C2C(=C(O)c3ccc(OC)cc3)C(=O)C(=O)N2CCCOC)cc1OC. The minimum atomic E-state index is -0.784. The summed E-state index contributed by atoms with van der Waals surface area (Å²) in [5, 5.41) is 11.1. The summed E-state index contributed by atoms with van der Waals surface area (Å²) < 4.78 is 21.3. The number of benzene rings is 2. The molecule has 0 aliphatic carbocycles. The van der Waals surface area contributed by atoms with Gasteiger partial charge in [0.05, 0.1) is 32.4 Å². The minimum absolute atomic E-state index is 0.0220. The molecule has 0 radical (unpaired) electrons. The largest absolute Gasteiger partial charge is 0.507 e. The molecule has 33 heavy (non-hydrogen) atoms. The van der Waals surface area contributed by atoms with Gasteiger partial charge in [-0.1, -0.05) is 6.07 Å². The van der Waals surface area contributed by atoms with E-state index in [1.54, 1.807) is 56.7 Å². The van der Waals surface area contributed by atoms with Crippen molar-refractivity contribution in [3.63, 3.8) is 0 Å². The molecule has 0 saturated carbocycles. The molecule has 176 valence electrons. The number of amides is 1. The smallest absolute Gasteiger partial charge is 0.295 e. The highest BCUT2D eigenvalue weighted by atomic mass is 16.5. The summed E-state index contributed by atoms with van der Waals surface area (Å²) in [6, 6.07) is 11.1. The lowest BCUT2D eigenvalue weighted by Gasteiger charge is -2.26. The number of carbonyl (C=O) groups excluding carboxylic acids is 2. The van der Waals surface area contributed by atoms with Crippen molar-refractivity contribution < 1.29 is 33.6 Å². The molecule has 1 saturated heterocycles. The van der Waals surface area contributed by atoms with E-state index in [1.165, 1.54) is 12.0 Å². The van der Waals surface area contributed by atoms with E-state index in [0.717, 1.165) is 0 Å². The molecule has 1 amide bonds. The number of likely N-dealkylation sites (tertiary alicyclic amines) is 1. The Hall–Kier alpha value is -3.52. The normalized spacial score (nSPS) is 17.3. The second-order valence-corrected chi connectivity index (χ2v) is 7.41. The van der Waals surface area contributed by atoms with Crippen LogP contribution < -0.4 is 14.2 Å². The summed E-state index contributed by atoms with van der Waals surface area (Å²) in [6.07, 6.45) is 0.538. The lowest BCUT2D eigenvalue weighted by Crippen LogP contribution is -2.31. The van der Waals surface area contributed by atoms with Crippen molar-refractivity contribution in [2.24, 2.45) is 0 Å². The van der Waals surface area contributed by atoms with Gasteiger partial charge >= 0.3 is 0 Å². The molecule has 8 heteroatoms. The second kappa shape index (κ2) is 10.9. The van der Waals surface area contributed by atoms with E-state index in [1.807, 2.05) is 6.92 Å². The number of aliphatic hydroxyl groups excluding tert-OH is 1. The Morgan fingerprint density at radius 3 is 2.33 bits per heavy atom. The standard InChI is InChI=1S/C25H29NO7/c1-5-33-19-12-9-17(15-20(19)32-4)22-21(23(27)16-7-10-18(31-3)11-8-16)24(28)25(29)26(22)13-6-14-30-2/h7-12,15,22,27H,5-6,13-14H2,1-4H3. The number of rotatable bonds is 10. The highest BCUT2D eigenvalue weighted by Gasteiger charge is 2.46. The summed E-state index contributed by atoms with van der Waals surface area (Å²) in [7, 11) is 4.64. The van der Waals surface area contributed by atoms with Gasteiger partial charge in [-0.05, 0) is 55.3 Å². The highest BCUT2D eigenvalue weighted by molar-refractivity contribution is 6.46. The molecule has 2 aromatic carbocycles. The Labute approximate surface area is 193 Å². The molecule has 1 atom stereocenters. The molecule has 1 aliphatic heterocycles. The summed E-state index contributed by atoms with van der Waals surface area (Å²) in [4.78, 5) is 27.5. The van der Waals surface area contributed by atoms with Crippen molar-refractivity contribution in [3.05, 3.63) is 59.2 Å². The number of ketones is 1. The van der Waals surface area contributed by atoms with Crippen molar-refractivity contribution in [1.29, 1.82) is 0 Å². The second-order valence-electron chi connectivity index (χ2n) is 7.41. The van der Waals surface area contributed by atoms with Crippen molar-refractivity contribution >= 4 is 17.4 Å². The number of methoxy groups -OCH3 is 3. The first-order valence-corrected chi connectivity index (χ1v) is 10.7. The quantitative estimate of drug-likeness (QED) is 0.253. The Morgan fingerprint density at radius 1 is 1.00 bits per heavy atom. The molecule has 3 rings (SSSR count). The maximum absolute atomic E-state index is 13.1. The maximum Gasteiger partial charge on any atom is 0.295 e. The average Bonchev–Trinajstić information content (AvgIpc) is 3.09. The topological polar surface area (TPSA) is 94.5 Å². The van der Waals surface area contributed by atoms with Crippen molar-refractivity contribution in [2.45, 2.75) is 19.4 Å². The summed E-state index contributed by atoms with van der Waals surface area (Å²) in [5.41, 5.74) is 1.06. The van der Waals surface area contributed by atoms with E-state index in [-0.39, 0.29) is 17.9 Å². The van der Waals surface area contributed by atoms with Crippen LogP contribution in [-0.4, -0.2) is 62.8 Å². The zero-order valence-electron chi connectivity index (χ0n) is 19.3. The number of aliphatic hydroxyl groups is 1. The van der Waals surface area contributed by atoms with E-state index >= 15 is 0 Å². The molecular weight excluding hydrogens is 426 g/mol. The van der Waals surface area contributed by atoms with Crippen molar-refractivity contribution in [2.75, 3.05) is 41.1 Å². The van der Waals surface area contributed by atoms with E-state index in [2.05, 4.69) is 0 Å². The van der Waals surface area contributed by atoms with Crippen LogP contribution in [0.15, 0.2) is 48.0 Å². The highest BCUT2D eigenvalue weighted by Crippen LogP contribution is 2.42. The Balaban J connectivity index is 2.13. The fraction of sp³-hybridized carbons (Fsp3) is 0.360. The molecule has 0 bridgehead atoms. The zero-order chi connectivity index (χ0) is 24.0. The number of nitrogens with zero attached hydrogens (tertiary/aromatic N) is 1. The first-order chi connectivity index (χ1) is 16.0. The predicted molar refractivity (Wildman–Crippen MR) is 123 cm³/mol. The van der Waals surface area contributed by atoms with Crippen LogP contribution in [0.1, 0.15) is 30.5 Å². The molecular formula is C25H29NO7. The van der Waals surface area contributed by atoms with Gasteiger partial charge in [-0.2, -0.15) is 0 Å². The van der Waals surface area contributed by atoms with Crippen LogP contribution in [-0.2, 0) is 14.3 Å². The van der Waals surface area contributed by atoms with E-state index < -0.39 is 17.7 Å². The predicted octanol–water partition coefficient (Wildman–Crippen LogP) is 3.56. The molecule has 8 nitrogen and oxygen atoms in total. The van der Waals surface area contributed by atoms with Gasteiger partial charge in [0.25, 0.3) is 11.7 Å². The molecule has 1 heterocycles. The van der Waals surface area contributed by atoms with Crippen LogP contribution in [0.4, 0.5) is 0 Å². The lowest BCUT2D eigenvalue weighted by molar-refractivity contribution is -0.140. The van der Waals surface area contributed by atoms with Gasteiger partial charge < -0.3 is 29.0 Å². The molecule has 0 aromatic heterocycles. The van der Waals surface area contributed by atoms with Gasteiger partial charge in [0.2, 0.25) is 0 Å². The van der Waals surface area contributed by atoms with Gasteiger partial charge in [0, 0.05) is 25.8 Å². The molecule has 1 aliphatic rings. The van der Waals surface area contributed by atoms with Crippen LogP contribution in [0.25, 0.3) is 5.76 Å². The fourth-order valence-electron chi connectivity index (χ4n) is 3.87. The number of carbonyl (C=O) groups is 2. The van der Waals surface area contributed by atoms with E-state index in [9.17, 15) is 14.7 Å². The monoisotopic (exact) mass is 455 g/mol. The first kappa shape index (κ1) is 24.1. The minimum Gasteiger partial charge on any atom is -0.507 e. The number of hydrogen-bond acceptors (Lipinski definition) is 7. The van der Waals surface area contributed by atoms with Crippen molar-refractivity contribution in [1.82, 2.24) is 4.90 Å². The van der Waals surface area contributed by atoms with Crippen LogP contribution in [0.2, 0.25) is 0 Å². The van der Waals surface area contributed by atoms with Gasteiger partial charge in [0.15, 0.2) is 11.5 Å². The van der Waals surface area contributed by atoms with Crippen LogP contribution in [0.3, 0.4) is 0 Å². The Kier molecular flexibility index (Phi) is 7.95. The van der Waals surface area contributed by atoms with Crippen LogP contribution in [0, 0.1) is 0 Å². The van der Waals surface area contributed by atoms with Crippen molar-refractivity contribution in [3.8, 4) is 17.2 Å². The summed E-state index contributed by atoms with van der Waals surface area (Å²) >= 11 is 0. The van der Waals surface area contributed by atoms with E-state index in [4.69, 9.17) is 18.9 Å². The number of ether oxygens (including phenoxy) is 4. The zero-order valence-corrected chi connectivity index (χ0v) is 19.3. The van der Waals surface area contributed by atoms with Gasteiger partial charge in [-0.15, -0.1) is 0 Å². The number of hydrogen-bond donors (Lipinski definition) is 1. The third-order valence-electron chi connectivity index (χ3n) is 5.45. The van der Waals surface area contributed by atoms with Crippen LogP contribution in [0.5, 0.6) is 17.2 Å². The maximum atomic E-state index is 13.1. The van der Waals surface area contributed by atoms with Gasteiger partial charge in [-0.25, -0.2) is 0 Å². The molecule has 1 unspecified atom stereocenters. The van der Waals surface area contributed by atoms with Gasteiger partial charge in [-0.3, -0.25) is 9.59 Å². The third kappa shape index (κ3) is 4.96. The summed E-state index contributed by atoms with van der Waals surface area (Å²) in [6.45, 7) is 3.05. The Morgan fingerprint density at radius 2 is 1.73 bits per heavy atom.